The molecule has 1 amide bonds. The summed E-state index contributed by atoms with van der Waals surface area (Å²) in [5.41, 5.74) is 7.46. The van der Waals surface area contributed by atoms with Crippen molar-refractivity contribution in [2.75, 3.05) is 0 Å². The van der Waals surface area contributed by atoms with Gasteiger partial charge in [-0.15, -0.1) is 12.4 Å². The van der Waals surface area contributed by atoms with Crippen LogP contribution < -0.4 is 11.1 Å². The first kappa shape index (κ1) is 20.8. The van der Waals surface area contributed by atoms with Crippen molar-refractivity contribution in [3.63, 3.8) is 0 Å². The van der Waals surface area contributed by atoms with E-state index in [4.69, 9.17) is 10.3 Å². The van der Waals surface area contributed by atoms with Gasteiger partial charge in [0, 0.05) is 12.0 Å². The average Bonchev–Trinajstić information content (AvgIpc) is 3.11. The second-order valence-electron chi connectivity index (χ2n) is 8.14. The SMILES string of the molecule is CC(NC(=O)C1CC2CCCC(C1)C2N)c1noc(Cc2ccccc2)n1.Cl. The minimum Gasteiger partial charge on any atom is -0.346 e. The van der Waals surface area contributed by atoms with Gasteiger partial charge in [-0.25, -0.2) is 0 Å². The van der Waals surface area contributed by atoms with Crippen molar-refractivity contribution in [3.05, 3.63) is 47.6 Å². The van der Waals surface area contributed by atoms with Gasteiger partial charge in [0.15, 0.2) is 5.82 Å². The maximum Gasteiger partial charge on any atom is 0.231 e. The molecular formula is C21H29ClN4O2. The zero-order valence-electron chi connectivity index (χ0n) is 16.2. The van der Waals surface area contributed by atoms with E-state index in [1.54, 1.807) is 0 Å². The number of nitrogens with zero attached hydrogens (tertiary/aromatic N) is 2. The Labute approximate surface area is 172 Å². The first-order valence-corrected chi connectivity index (χ1v) is 10.0. The predicted octanol–water partition coefficient (Wildman–Crippen LogP) is 3.41. The van der Waals surface area contributed by atoms with Crippen molar-refractivity contribution in [3.8, 4) is 0 Å². The summed E-state index contributed by atoms with van der Waals surface area (Å²) in [6, 6.07) is 10.0. The molecule has 28 heavy (non-hydrogen) atoms. The highest BCUT2D eigenvalue weighted by Gasteiger charge is 2.40. The van der Waals surface area contributed by atoms with E-state index in [9.17, 15) is 4.79 Å². The van der Waals surface area contributed by atoms with Gasteiger partial charge in [-0.2, -0.15) is 4.98 Å². The van der Waals surface area contributed by atoms with Gasteiger partial charge in [0.25, 0.3) is 0 Å². The Hall–Kier alpha value is -1.92. The summed E-state index contributed by atoms with van der Waals surface area (Å²) in [6.45, 7) is 1.91. The average molecular weight is 405 g/mol. The molecule has 1 aromatic heterocycles. The van der Waals surface area contributed by atoms with Gasteiger partial charge < -0.3 is 15.6 Å². The summed E-state index contributed by atoms with van der Waals surface area (Å²) in [6.07, 6.45) is 5.97. The lowest BCUT2D eigenvalue weighted by atomic mass is 9.65. The molecule has 0 radical (unpaired) electrons. The third-order valence-electron chi connectivity index (χ3n) is 6.21. The van der Waals surface area contributed by atoms with Gasteiger partial charge in [-0.3, -0.25) is 4.79 Å². The maximum atomic E-state index is 12.8. The first-order chi connectivity index (χ1) is 13.1. The Morgan fingerprint density at radius 3 is 2.61 bits per heavy atom. The van der Waals surface area contributed by atoms with Gasteiger partial charge in [-0.1, -0.05) is 41.9 Å². The zero-order chi connectivity index (χ0) is 18.8. The molecule has 0 saturated heterocycles. The molecule has 152 valence electrons. The standard InChI is InChI=1S/C21H28N4O2.ClH/c1-13(20-24-18(27-25-20)10-14-6-3-2-4-7-14)23-21(26)17-11-15-8-5-9-16(12-17)19(15)22;/h2-4,6-7,13,15-17,19H,5,8-12,22H2,1H3,(H,23,26);1H. The van der Waals surface area contributed by atoms with Crippen molar-refractivity contribution in [1.29, 1.82) is 0 Å². The quantitative estimate of drug-likeness (QED) is 0.796. The smallest absolute Gasteiger partial charge is 0.231 e. The number of carbonyl (C=O) groups is 1. The lowest BCUT2D eigenvalue weighted by Gasteiger charge is -2.43. The van der Waals surface area contributed by atoms with Gasteiger partial charge >= 0.3 is 0 Å². The third kappa shape index (κ3) is 4.55. The summed E-state index contributed by atoms with van der Waals surface area (Å²) in [5.74, 6) is 2.23. The van der Waals surface area contributed by atoms with E-state index < -0.39 is 0 Å². The number of nitrogens with two attached hydrogens (primary N) is 1. The summed E-state index contributed by atoms with van der Waals surface area (Å²) in [5, 5.41) is 7.14. The minimum absolute atomic E-state index is 0. The highest BCUT2D eigenvalue weighted by atomic mass is 35.5. The molecule has 3 N–H and O–H groups in total. The number of halogens is 1. The van der Waals surface area contributed by atoms with Crippen LogP contribution >= 0.6 is 12.4 Å². The van der Waals surface area contributed by atoms with E-state index in [2.05, 4.69) is 15.5 Å². The van der Waals surface area contributed by atoms with Crippen LogP contribution in [0.2, 0.25) is 0 Å². The number of fused-ring (bicyclic) bond motifs is 2. The molecule has 2 bridgehead atoms. The Morgan fingerprint density at radius 1 is 1.25 bits per heavy atom. The second-order valence-corrected chi connectivity index (χ2v) is 8.14. The van der Waals surface area contributed by atoms with Gasteiger partial charge in [0.1, 0.15) is 0 Å². The number of aromatic nitrogens is 2. The van der Waals surface area contributed by atoms with Crippen LogP contribution in [0.3, 0.4) is 0 Å². The number of hydrogen-bond acceptors (Lipinski definition) is 5. The molecular weight excluding hydrogens is 376 g/mol. The second kappa shape index (κ2) is 9.05. The van der Waals surface area contributed by atoms with Crippen LogP contribution in [-0.4, -0.2) is 22.1 Å². The van der Waals surface area contributed by atoms with Crippen LogP contribution in [0.5, 0.6) is 0 Å². The van der Waals surface area contributed by atoms with Crippen LogP contribution in [0.4, 0.5) is 0 Å². The molecule has 3 atom stereocenters. The highest BCUT2D eigenvalue weighted by molar-refractivity contribution is 5.85. The van der Waals surface area contributed by atoms with Gasteiger partial charge in [0.2, 0.25) is 11.8 Å². The van der Waals surface area contributed by atoms with Crippen LogP contribution in [0.15, 0.2) is 34.9 Å². The molecule has 0 spiro atoms. The first-order valence-electron chi connectivity index (χ1n) is 10.0. The molecule has 7 heteroatoms. The van der Waals surface area contributed by atoms with Gasteiger partial charge in [0.05, 0.1) is 12.5 Å². The Morgan fingerprint density at radius 2 is 1.93 bits per heavy atom. The summed E-state index contributed by atoms with van der Waals surface area (Å²) in [4.78, 5) is 17.2. The lowest BCUT2D eigenvalue weighted by molar-refractivity contribution is -0.128. The van der Waals surface area contributed by atoms with Crippen LogP contribution in [0, 0.1) is 17.8 Å². The molecule has 2 aliphatic rings. The summed E-state index contributed by atoms with van der Waals surface area (Å²) >= 11 is 0. The molecule has 3 unspecified atom stereocenters. The molecule has 2 saturated carbocycles. The molecule has 6 nitrogen and oxygen atoms in total. The van der Waals surface area contributed by atoms with Gasteiger partial charge in [-0.05, 0) is 50.0 Å². The molecule has 0 aliphatic heterocycles. The molecule has 1 aromatic carbocycles. The molecule has 4 rings (SSSR count). The van der Waals surface area contributed by atoms with E-state index in [0.29, 0.717) is 30.0 Å². The number of amides is 1. The number of carbonyl (C=O) groups excluding carboxylic acids is 1. The number of rotatable bonds is 5. The van der Waals surface area contributed by atoms with Crippen molar-refractivity contribution in [1.82, 2.24) is 15.5 Å². The minimum atomic E-state index is -0.263. The van der Waals surface area contributed by atoms with Crippen LogP contribution in [0.1, 0.15) is 62.3 Å². The predicted molar refractivity (Wildman–Crippen MR) is 109 cm³/mol. The fourth-order valence-corrected chi connectivity index (χ4v) is 4.69. The Bertz CT molecular complexity index is 768. The molecule has 2 aromatic rings. The lowest BCUT2D eigenvalue weighted by Crippen LogP contribution is -2.49. The van der Waals surface area contributed by atoms with E-state index >= 15 is 0 Å². The summed E-state index contributed by atoms with van der Waals surface area (Å²) in [7, 11) is 0. The van der Waals surface area contributed by atoms with E-state index in [1.165, 1.54) is 6.42 Å². The van der Waals surface area contributed by atoms with Crippen molar-refractivity contribution in [2.24, 2.45) is 23.5 Å². The number of nitrogens with one attached hydrogen (secondary N) is 1. The number of benzene rings is 1. The van der Waals surface area contributed by atoms with Crippen molar-refractivity contribution >= 4 is 18.3 Å². The topological polar surface area (TPSA) is 94.0 Å². The fourth-order valence-electron chi connectivity index (χ4n) is 4.69. The monoisotopic (exact) mass is 404 g/mol. The Kier molecular flexibility index (Phi) is 6.73. The zero-order valence-corrected chi connectivity index (χ0v) is 17.0. The highest BCUT2D eigenvalue weighted by Crippen LogP contribution is 2.42. The maximum absolute atomic E-state index is 12.8. The van der Waals surface area contributed by atoms with E-state index in [1.807, 2.05) is 37.3 Å². The van der Waals surface area contributed by atoms with Crippen molar-refractivity contribution < 1.29 is 9.32 Å². The Balaban J connectivity index is 0.00000225. The fraction of sp³-hybridized carbons (Fsp3) is 0.571. The largest absolute Gasteiger partial charge is 0.346 e. The number of hydrogen-bond donors (Lipinski definition) is 2. The molecule has 1 heterocycles. The summed E-state index contributed by atoms with van der Waals surface area (Å²) < 4.78 is 5.36. The normalized spacial score (nSPS) is 27.5. The van der Waals surface area contributed by atoms with Crippen LogP contribution in [0.25, 0.3) is 0 Å². The van der Waals surface area contributed by atoms with Crippen LogP contribution in [-0.2, 0) is 11.2 Å². The van der Waals surface area contributed by atoms with E-state index in [-0.39, 0.29) is 36.3 Å². The molecule has 2 aliphatic carbocycles. The van der Waals surface area contributed by atoms with E-state index in [0.717, 1.165) is 31.2 Å². The van der Waals surface area contributed by atoms with Crippen molar-refractivity contribution in [2.45, 2.75) is 57.5 Å². The molecule has 2 fully saturated rings. The third-order valence-corrected chi connectivity index (χ3v) is 6.21.